The number of carboxylic acids is 1. The predicted molar refractivity (Wildman–Crippen MR) is 74.8 cm³/mol. The number of hydrogen-bond donors (Lipinski definition) is 1. The van der Waals surface area contributed by atoms with Gasteiger partial charge >= 0.3 is 5.97 Å². The highest BCUT2D eigenvalue weighted by Crippen LogP contribution is 2.37. The van der Waals surface area contributed by atoms with Crippen molar-refractivity contribution in [2.75, 3.05) is 0 Å². The van der Waals surface area contributed by atoms with E-state index in [1.807, 2.05) is 42.8 Å². The van der Waals surface area contributed by atoms with E-state index in [-0.39, 0.29) is 5.69 Å². The summed E-state index contributed by atoms with van der Waals surface area (Å²) in [5.74, 6) is -0.564. The lowest BCUT2D eigenvalue weighted by Gasteiger charge is -2.02. The third-order valence-corrected chi connectivity index (χ3v) is 3.71. The number of aromatic carboxylic acids is 1. The maximum Gasteiger partial charge on any atom is 0.358 e. The first-order chi connectivity index (χ1) is 9.52. The zero-order valence-corrected chi connectivity index (χ0v) is 11.5. The van der Waals surface area contributed by atoms with Crippen LogP contribution in [0, 0.1) is 13.8 Å². The number of rotatable bonds is 2. The van der Waals surface area contributed by atoms with Crippen LogP contribution in [0.25, 0.3) is 22.0 Å². The van der Waals surface area contributed by atoms with E-state index in [4.69, 9.17) is 4.52 Å². The summed E-state index contributed by atoms with van der Waals surface area (Å²) in [4.78, 5) is 11.3. The van der Waals surface area contributed by atoms with Gasteiger partial charge in [0.25, 0.3) is 0 Å². The minimum Gasteiger partial charge on any atom is -0.476 e. The average Bonchev–Trinajstić information content (AvgIpc) is 2.91. The Kier molecular flexibility index (Phi) is 2.64. The highest BCUT2D eigenvalue weighted by Gasteiger charge is 2.25. The average molecular weight is 270 g/mol. The molecule has 0 radical (unpaired) electrons. The summed E-state index contributed by atoms with van der Waals surface area (Å²) in [5.41, 5.74) is 3.44. The second kappa shape index (κ2) is 4.23. The fourth-order valence-electron chi connectivity index (χ4n) is 2.65. The number of aryl methyl sites for hydroxylation is 2. The van der Waals surface area contributed by atoms with E-state index in [0.717, 1.165) is 22.2 Å². The zero-order valence-electron chi connectivity index (χ0n) is 11.5. The minimum atomic E-state index is -1.08. The fraction of sp³-hybridized carbons (Fsp3) is 0.200. The molecule has 0 saturated heterocycles. The first kappa shape index (κ1) is 12.5. The van der Waals surface area contributed by atoms with Crippen molar-refractivity contribution in [2.45, 2.75) is 13.8 Å². The quantitative estimate of drug-likeness (QED) is 0.776. The van der Waals surface area contributed by atoms with Crippen molar-refractivity contribution in [1.82, 2.24) is 9.72 Å². The van der Waals surface area contributed by atoms with E-state index in [9.17, 15) is 9.90 Å². The van der Waals surface area contributed by atoms with E-state index in [1.54, 1.807) is 6.92 Å². The van der Waals surface area contributed by atoms with Crippen LogP contribution in [0.2, 0.25) is 0 Å². The van der Waals surface area contributed by atoms with Crippen LogP contribution >= 0.6 is 0 Å². The summed E-state index contributed by atoms with van der Waals surface area (Å²) in [7, 11) is 1.96. The van der Waals surface area contributed by atoms with E-state index >= 15 is 0 Å². The molecule has 5 heteroatoms. The lowest BCUT2D eigenvalue weighted by atomic mass is 10.0. The third-order valence-electron chi connectivity index (χ3n) is 3.71. The molecule has 0 spiro atoms. The van der Waals surface area contributed by atoms with Crippen molar-refractivity contribution in [3.8, 4) is 11.1 Å². The summed E-state index contributed by atoms with van der Waals surface area (Å²) in [6.45, 7) is 3.70. The van der Waals surface area contributed by atoms with Crippen molar-refractivity contribution >= 4 is 16.9 Å². The van der Waals surface area contributed by atoms with Crippen LogP contribution in [-0.2, 0) is 7.05 Å². The highest BCUT2D eigenvalue weighted by molar-refractivity contribution is 6.04. The van der Waals surface area contributed by atoms with Crippen LogP contribution in [-0.4, -0.2) is 20.8 Å². The minimum absolute atomic E-state index is 0.0399. The second-order valence-electron chi connectivity index (χ2n) is 4.80. The van der Waals surface area contributed by atoms with Gasteiger partial charge < -0.3 is 14.2 Å². The molecule has 0 fully saturated rings. The normalized spacial score (nSPS) is 11.2. The lowest BCUT2D eigenvalue weighted by Crippen LogP contribution is -2.00. The zero-order chi connectivity index (χ0) is 14.4. The number of carbonyl (C=O) groups is 1. The van der Waals surface area contributed by atoms with Gasteiger partial charge in [0, 0.05) is 29.2 Å². The Labute approximate surface area is 115 Å². The summed E-state index contributed by atoms with van der Waals surface area (Å²) >= 11 is 0. The van der Waals surface area contributed by atoms with Gasteiger partial charge in [0.2, 0.25) is 0 Å². The van der Waals surface area contributed by atoms with Crippen LogP contribution in [0.3, 0.4) is 0 Å². The summed E-state index contributed by atoms with van der Waals surface area (Å²) in [6.07, 6.45) is 0. The number of carboxylic acid groups (broad SMARTS) is 1. The lowest BCUT2D eigenvalue weighted by molar-refractivity contribution is 0.0686. The molecule has 5 nitrogen and oxygen atoms in total. The third kappa shape index (κ3) is 1.56. The van der Waals surface area contributed by atoms with Gasteiger partial charge in [-0.05, 0) is 19.9 Å². The standard InChI is InChI=1S/C15H14N2O3/c1-8-12(10-6-4-5-7-11(10)17(8)3)13-9(2)20-16-14(13)15(18)19/h4-7H,1-3H3,(H,18,19). The molecule has 0 aliphatic carbocycles. The van der Waals surface area contributed by atoms with Gasteiger partial charge in [0.1, 0.15) is 5.76 Å². The maximum atomic E-state index is 11.3. The highest BCUT2D eigenvalue weighted by atomic mass is 16.5. The number of aromatic nitrogens is 2. The van der Waals surface area contributed by atoms with E-state index < -0.39 is 5.97 Å². The fourth-order valence-corrected chi connectivity index (χ4v) is 2.65. The topological polar surface area (TPSA) is 68.3 Å². The number of fused-ring (bicyclic) bond motifs is 1. The Morgan fingerprint density at radius 3 is 2.65 bits per heavy atom. The number of hydrogen-bond acceptors (Lipinski definition) is 3. The predicted octanol–water partition coefficient (Wildman–Crippen LogP) is 3.15. The first-order valence-electron chi connectivity index (χ1n) is 6.26. The molecule has 1 aromatic carbocycles. The molecule has 2 heterocycles. The van der Waals surface area contributed by atoms with Crippen LogP contribution in [0.1, 0.15) is 21.9 Å². The summed E-state index contributed by atoms with van der Waals surface area (Å²) in [5, 5.41) is 13.9. The molecule has 3 rings (SSSR count). The van der Waals surface area contributed by atoms with Crippen molar-refractivity contribution in [1.29, 1.82) is 0 Å². The molecular weight excluding hydrogens is 256 g/mol. The molecule has 0 amide bonds. The van der Waals surface area contributed by atoms with Gasteiger partial charge in [-0.3, -0.25) is 0 Å². The van der Waals surface area contributed by atoms with Crippen LogP contribution in [0.4, 0.5) is 0 Å². The van der Waals surface area contributed by atoms with Crippen LogP contribution < -0.4 is 0 Å². The summed E-state index contributed by atoms with van der Waals surface area (Å²) in [6, 6.07) is 7.89. The molecule has 0 saturated carbocycles. The van der Waals surface area contributed by atoms with E-state index in [2.05, 4.69) is 5.16 Å². The summed E-state index contributed by atoms with van der Waals surface area (Å²) < 4.78 is 7.13. The van der Waals surface area contributed by atoms with E-state index in [0.29, 0.717) is 11.3 Å². The van der Waals surface area contributed by atoms with Gasteiger partial charge in [-0.25, -0.2) is 4.79 Å². The molecule has 102 valence electrons. The second-order valence-corrected chi connectivity index (χ2v) is 4.80. The van der Waals surface area contributed by atoms with Gasteiger partial charge in [-0.1, -0.05) is 23.4 Å². The van der Waals surface area contributed by atoms with Crippen LogP contribution in [0.15, 0.2) is 28.8 Å². The van der Waals surface area contributed by atoms with Crippen molar-refractivity contribution in [2.24, 2.45) is 7.05 Å². The van der Waals surface area contributed by atoms with Crippen molar-refractivity contribution < 1.29 is 14.4 Å². The number of nitrogens with zero attached hydrogens (tertiary/aromatic N) is 2. The molecule has 0 aliphatic rings. The Morgan fingerprint density at radius 1 is 1.25 bits per heavy atom. The van der Waals surface area contributed by atoms with Crippen LogP contribution in [0.5, 0.6) is 0 Å². The Morgan fingerprint density at radius 2 is 1.95 bits per heavy atom. The number of para-hydroxylation sites is 1. The molecule has 0 bridgehead atoms. The molecule has 20 heavy (non-hydrogen) atoms. The maximum absolute atomic E-state index is 11.3. The molecule has 0 atom stereocenters. The molecule has 0 unspecified atom stereocenters. The Bertz CT molecular complexity index is 827. The Hall–Kier alpha value is -2.56. The van der Waals surface area contributed by atoms with Gasteiger partial charge in [-0.15, -0.1) is 0 Å². The van der Waals surface area contributed by atoms with Crippen molar-refractivity contribution in [3.05, 3.63) is 41.4 Å². The van der Waals surface area contributed by atoms with E-state index in [1.165, 1.54) is 0 Å². The molecule has 0 aliphatic heterocycles. The molecule has 3 aromatic rings. The first-order valence-corrected chi connectivity index (χ1v) is 6.26. The van der Waals surface area contributed by atoms with Crippen molar-refractivity contribution in [3.63, 3.8) is 0 Å². The van der Waals surface area contributed by atoms with Gasteiger partial charge in [0.15, 0.2) is 5.69 Å². The molecule has 2 aromatic heterocycles. The van der Waals surface area contributed by atoms with Gasteiger partial charge in [-0.2, -0.15) is 0 Å². The monoisotopic (exact) mass is 270 g/mol. The Balaban J connectivity index is 2.45. The largest absolute Gasteiger partial charge is 0.476 e. The molecule has 1 N–H and O–H groups in total. The SMILES string of the molecule is Cc1onc(C(=O)O)c1-c1c(C)n(C)c2ccccc12. The molecular formula is C15H14N2O3. The van der Waals surface area contributed by atoms with Gasteiger partial charge in [0.05, 0.1) is 5.56 Å². The number of benzene rings is 1. The smallest absolute Gasteiger partial charge is 0.358 e.